The second-order valence-corrected chi connectivity index (χ2v) is 7.88. The maximum atomic E-state index is 12.7. The van der Waals surface area contributed by atoms with E-state index in [1.54, 1.807) is 39.6 Å². The number of likely N-dealkylation sites (N-methyl/N-ethyl adjacent to an activating group) is 1. The number of nitrogens with zero attached hydrogens (tertiary/aromatic N) is 1. The van der Waals surface area contributed by atoms with Gasteiger partial charge in [-0.15, -0.1) is 0 Å². The summed E-state index contributed by atoms with van der Waals surface area (Å²) in [5.74, 6) is -0.384. The first-order chi connectivity index (χ1) is 12.1. The van der Waals surface area contributed by atoms with Crippen molar-refractivity contribution in [3.8, 4) is 0 Å². The van der Waals surface area contributed by atoms with Crippen molar-refractivity contribution in [2.24, 2.45) is 5.92 Å². The van der Waals surface area contributed by atoms with Crippen LogP contribution in [0.5, 0.6) is 0 Å². The summed E-state index contributed by atoms with van der Waals surface area (Å²) >= 11 is 0. The molecule has 0 spiro atoms. The summed E-state index contributed by atoms with van der Waals surface area (Å²) in [7, 11) is 1.73. The molecule has 0 unspecified atom stereocenters. The molecular weight excluding hydrogens is 334 g/mol. The van der Waals surface area contributed by atoms with Crippen LogP contribution >= 0.6 is 0 Å². The van der Waals surface area contributed by atoms with Crippen LogP contribution in [0.4, 0.5) is 4.79 Å². The fourth-order valence-corrected chi connectivity index (χ4v) is 3.06. The number of alkyl carbamates (subject to hydrolysis) is 1. The van der Waals surface area contributed by atoms with Crippen LogP contribution in [0.15, 0.2) is 23.4 Å². The molecule has 0 aromatic carbocycles. The zero-order valence-corrected chi connectivity index (χ0v) is 16.2. The van der Waals surface area contributed by atoms with Crippen LogP contribution in [0.3, 0.4) is 0 Å². The van der Waals surface area contributed by atoms with Crippen molar-refractivity contribution in [3.63, 3.8) is 0 Å². The highest BCUT2D eigenvalue weighted by Gasteiger charge is 2.31. The number of carbonyl (C=O) groups is 3. The highest BCUT2D eigenvalue weighted by molar-refractivity contribution is 6.00. The van der Waals surface area contributed by atoms with Gasteiger partial charge in [-0.25, -0.2) is 4.79 Å². The zero-order chi connectivity index (χ0) is 19.5. The Labute approximate surface area is 154 Å². The molecule has 1 aliphatic carbocycles. The lowest BCUT2D eigenvalue weighted by atomic mass is 9.86. The van der Waals surface area contributed by atoms with Crippen molar-refractivity contribution in [1.82, 2.24) is 15.5 Å². The normalized spacial score (nSPS) is 21.7. The number of carbonyl (C=O) groups excluding carboxylic acids is 3. The third kappa shape index (κ3) is 5.09. The van der Waals surface area contributed by atoms with E-state index in [1.807, 2.05) is 12.2 Å². The third-order valence-corrected chi connectivity index (χ3v) is 4.46. The van der Waals surface area contributed by atoms with E-state index in [9.17, 15) is 14.4 Å². The molecule has 7 nitrogen and oxygen atoms in total. The quantitative estimate of drug-likeness (QED) is 0.804. The summed E-state index contributed by atoms with van der Waals surface area (Å²) in [5, 5.41) is 5.23. The summed E-state index contributed by atoms with van der Waals surface area (Å²) in [5.41, 5.74) is 0.544. The molecule has 7 heteroatoms. The van der Waals surface area contributed by atoms with Crippen molar-refractivity contribution >= 4 is 17.9 Å². The minimum atomic E-state index is -0.828. The number of ether oxygens (including phenoxy) is 1. The van der Waals surface area contributed by atoms with Gasteiger partial charge in [0, 0.05) is 13.6 Å². The van der Waals surface area contributed by atoms with E-state index < -0.39 is 23.6 Å². The minimum Gasteiger partial charge on any atom is -0.444 e. The molecule has 0 radical (unpaired) electrons. The molecule has 2 aliphatic rings. The van der Waals surface area contributed by atoms with E-state index in [1.165, 1.54) is 0 Å². The summed E-state index contributed by atoms with van der Waals surface area (Å²) in [6.07, 6.45) is 6.12. The van der Waals surface area contributed by atoms with Gasteiger partial charge < -0.3 is 20.3 Å². The molecule has 1 aliphatic heterocycles. The smallest absolute Gasteiger partial charge is 0.408 e. The molecule has 0 aromatic heterocycles. The Morgan fingerprint density at radius 1 is 1.31 bits per heavy atom. The number of nitrogens with one attached hydrogen (secondary N) is 2. The van der Waals surface area contributed by atoms with Gasteiger partial charge in [-0.3, -0.25) is 9.59 Å². The first kappa shape index (κ1) is 20.0. The highest BCUT2D eigenvalue weighted by atomic mass is 16.6. The molecular formula is C19H29N3O4. The molecule has 2 rings (SSSR count). The molecule has 0 saturated carbocycles. The Hall–Kier alpha value is -2.31. The summed E-state index contributed by atoms with van der Waals surface area (Å²) in [6.45, 7) is 7.47. The topological polar surface area (TPSA) is 87.7 Å². The molecule has 144 valence electrons. The Kier molecular flexibility index (Phi) is 6.10. The monoisotopic (exact) mass is 363 g/mol. The van der Waals surface area contributed by atoms with Crippen LogP contribution < -0.4 is 10.6 Å². The molecule has 0 fully saturated rings. The molecule has 2 N–H and O–H groups in total. The predicted octanol–water partition coefficient (Wildman–Crippen LogP) is 2.10. The molecule has 26 heavy (non-hydrogen) atoms. The Morgan fingerprint density at radius 2 is 2.00 bits per heavy atom. The zero-order valence-electron chi connectivity index (χ0n) is 16.2. The van der Waals surface area contributed by atoms with Crippen molar-refractivity contribution < 1.29 is 19.1 Å². The van der Waals surface area contributed by atoms with E-state index in [-0.39, 0.29) is 11.8 Å². The van der Waals surface area contributed by atoms with Gasteiger partial charge in [0.2, 0.25) is 5.91 Å². The average molecular weight is 363 g/mol. The largest absolute Gasteiger partial charge is 0.444 e. The van der Waals surface area contributed by atoms with Gasteiger partial charge in [0.15, 0.2) is 0 Å². The number of allylic oxidation sites excluding steroid dienone is 3. The van der Waals surface area contributed by atoms with Crippen LogP contribution in [-0.4, -0.2) is 48.0 Å². The van der Waals surface area contributed by atoms with Crippen molar-refractivity contribution in [3.05, 3.63) is 23.4 Å². The molecule has 0 bridgehead atoms. The maximum absolute atomic E-state index is 12.7. The fourth-order valence-electron chi connectivity index (χ4n) is 3.06. The Morgan fingerprint density at radius 3 is 2.65 bits per heavy atom. The Balaban J connectivity index is 2.13. The van der Waals surface area contributed by atoms with Gasteiger partial charge in [-0.05, 0) is 58.4 Å². The van der Waals surface area contributed by atoms with Crippen LogP contribution in [0.1, 0.15) is 47.0 Å². The first-order valence-corrected chi connectivity index (χ1v) is 9.05. The standard InChI is InChI=1S/C19H29N3O4/c1-12(20-18(25)26-19(2,3)4)16(23)21-15-14-9-7-6-8-13(14)10-11-22(5)17(15)24/h7,9,12-13H,6,8,10-11H2,1-5H3,(H,20,25)(H,21,23)/t12-,13-/m0/s1. The van der Waals surface area contributed by atoms with E-state index in [2.05, 4.69) is 10.6 Å². The van der Waals surface area contributed by atoms with Crippen LogP contribution in [0.25, 0.3) is 0 Å². The lowest BCUT2D eigenvalue weighted by Gasteiger charge is -2.23. The van der Waals surface area contributed by atoms with Crippen LogP contribution in [0, 0.1) is 5.92 Å². The lowest BCUT2D eigenvalue weighted by molar-refractivity contribution is -0.129. The number of fused-ring (bicyclic) bond motifs is 1. The molecule has 1 heterocycles. The number of amides is 3. The van der Waals surface area contributed by atoms with Crippen LogP contribution in [0.2, 0.25) is 0 Å². The summed E-state index contributed by atoms with van der Waals surface area (Å²) in [6, 6.07) is -0.828. The summed E-state index contributed by atoms with van der Waals surface area (Å²) in [4.78, 5) is 38.7. The maximum Gasteiger partial charge on any atom is 0.408 e. The van der Waals surface area contributed by atoms with Gasteiger partial charge in [0.25, 0.3) is 5.91 Å². The average Bonchev–Trinajstić information content (AvgIpc) is 2.65. The third-order valence-electron chi connectivity index (χ3n) is 4.46. The number of hydrogen-bond acceptors (Lipinski definition) is 4. The van der Waals surface area contributed by atoms with E-state index in [0.717, 1.165) is 24.8 Å². The SMILES string of the molecule is C[C@H](NC(=O)OC(C)(C)C)C(=O)NC1=C2C=CCC[C@H]2CCN(C)C1=O. The van der Waals surface area contributed by atoms with Gasteiger partial charge >= 0.3 is 6.09 Å². The lowest BCUT2D eigenvalue weighted by Crippen LogP contribution is -2.48. The van der Waals surface area contributed by atoms with Gasteiger partial charge in [0.1, 0.15) is 17.3 Å². The molecule has 0 saturated heterocycles. The van der Waals surface area contributed by atoms with Crippen LogP contribution in [-0.2, 0) is 14.3 Å². The molecule has 3 amide bonds. The number of rotatable bonds is 3. The fraction of sp³-hybridized carbons (Fsp3) is 0.632. The highest BCUT2D eigenvalue weighted by Crippen LogP contribution is 2.31. The van der Waals surface area contributed by atoms with Crippen molar-refractivity contribution in [2.75, 3.05) is 13.6 Å². The van der Waals surface area contributed by atoms with Crippen molar-refractivity contribution in [1.29, 1.82) is 0 Å². The summed E-state index contributed by atoms with van der Waals surface area (Å²) < 4.78 is 5.16. The number of hydrogen-bond donors (Lipinski definition) is 2. The van der Waals surface area contributed by atoms with Crippen molar-refractivity contribution in [2.45, 2.75) is 58.6 Å². The van der Waals surface area contributed by atoms with E-state index in [4.69, 9.17) is 4.74 Å². The van der Waals surface area contributed by atoms with Gasteiger partial charge in [0.05, 0.1) is 0 Å². The van der Waals surface area contributed by atoms with Gasteiger partial charge in [-0.1, -0.05) is 12.2 Å². The van der Waals surface area contributed by atoms with E-state index >= 15 is 0 Å². The minimum absolute atomic E-state index is 0.202. The molecule has 2 atom stereocenters. The van der Waals surface area contributed by atoms with E-state index in [0.29, 0.717) is 12.2 Å². The first-order valence-electron chi connectivity index (χ1n) is 9.05. The second-order valence-electron chi connectivity index (χ2n) is 7.88. The second kappa shape index (κ2) is 7.93. The van der Waals surface area contributed by atoms with Gasteiger partial charge in [-0.2, -0.15) is 0 Å². The predicted molar refractivity (Wildman–Crippen MR) is 98.1 cm³/mol. The Bertz CT molecular complexity index is 646. The molecule has 0 aromatic rings.